The summed E-state index contributed by atoms with van der Waals surface area (Å²) in [6, 6.07) is 8.07. The molecule has 1 aromatic carbocycles. The molecule has 0 unspecified atom stereocenters. The Labute approximate surface area is 188 Å². The van der Waals surface area contributed by atoms with E-state index in [1.165, 1.54) is 23.9 Å². The summed E-state index contributed by atoms with van der Waals surface area (Å²) in [6.07, 6.45) is 4.87. The Morgan fingerprint density at radius 3 is 2.71 bits per heavy atom. The summed E-state index contributed by atoms with van der Waals surface area (Å²) in [5.74, 6) is 6.24. The van der Waals surface area contributed by atoms with Gasteiger partial charge in [-0.15, -0.1) is 0 Å². The topological polar surface area (TPSA) is 101 Å². The lowest BCUT2D eigenvalue weighted by Crippen LogP contribution is -2.22. The second kappa shape index (κ2) is 8.64. The van der Waals surface area contributed by atoms with Crippen molar-refractivity contribution in [1.82, 2.24) is 15.0 Å². The van der Waals surface area contributed by atoms with Crippen molar-refractivity contribution in [3.8, 4) is 11.8 Å². The van der Waals surface area contributed by atoms with Gasteiger partial charge in [0.05, 0.1) is 15.4 Å². The van der Waals surface area contributed by atoms with Crippen molar-refractivity contribution in [2.75, 3.05) is 6.54 Å². The zero-order chi connectivity index (χ0) is 22.0. The average Bonchev–Trinajstić information content (AvgIpc) is 3.28. The third-order valence-corrected chi connectivity index (χ3v) is 6.92. The van der Waals surface area contributed by atoms with Crippen LogP contribution in [0.25, 0.3) is 17.0 Å². The third-order valence-electron chi connectivity index (χ3n) is 4.20. The number of thioether (sulfide) groups is 1. The van der Waals surface area contributed by atoms with Crippen LogP contribution >= 0.6 is 24.0 Å². The van der Waals surface area contributed by atoms with E-state index in [4.69, 9.17) is 16.6 Å². The van der Waals surface area contributed by atoms with Crippen molar-refractivity contribution in [2.45, 2.75) is 11.8 Å². The number of nitrogens with one attached hydrogen (secondary N) is 2. The van der Waals surface area contributed by atoms with Gasteiger partial charge in [-0.1, -0.05) is 42.7 Å². The third kappa shape index (κ3) is 4.70. The van der Waals surface area contributed by atoms with Crippen molar-refractivity contribution < 1.29 is 17.6 Å². The first-order chi connectivity index (χ1) is 14.9. The van der Waals surface area contributed by atoms with Gasteiger partial charge >= 0.3 is 0 Å². The summed E-state index contributed by atoms with van der Waals surface area (Å²) >= 11 is 6.17. The first-order valence-electron chi connectivity index (χ1n) is 9.10. The van der Waals surface area contributed by atoms with Crippen LogP contribution < -0.4 is 10.0 Å². The number of thiocarbonyl (C=S) groups is 1. The van der Waals surface area contributed by atoms with E-state index in [-0.39, 0.29) is 10.8 Å². The first-order valence-corrected chi connectivity index (χ1v) is 11.8. The largest absolute Gasteiger partial charge is 0.455 e. The molecule has 0 radical (unpaired) electrons. The lowest BCUT2D eigenvalue weighted by Gasteiger charge is -2.03. The van der Waals surface area contributed by atoms with Crippen LogP contribution in [0.4, 0.5) is 0 Å². The Hall–Kier alpha value is -2.97. The van der Waals surface area contributed by atoms with Crippen molar-refractivity contribution >= 4 is 61.3 Å². The zero-order valence-electron chi connectivity index (χ0n) is 16.1. The summed E-state index contributed by atoms with van der Waals surface area (Å²) in [7, 11) is -3.50. The number of fused-ring (bicyclic) bond motifs is 1. The molecule has 10 heteroatoms. The molecule has 4 rings (SSSR count). The van der Waals surface area contributed by atoms with Gasteiger partial charge in [-0.05, 0) is 30.3 Å². The molecule has 0 bridgehead atoms. The van der Waals surface area contributed by atoms with Crippen LogP contribution in [-0.4, -0.2) is 30.2 Å². The van der Waals surface area contributed by atoms with Gasteiger partial charge in [-0.2, -0.15) is 0 Å². The molecular formula is C21H15N3O4S3. The molecule has 1 amide bonds. The van der Waals surface area contributed by atoms with Crippen molar-refractivity contribution in [1.29, 1.82) is 0 Å². The number of hydrogen-bond acceptors (Lipinski definition) is 7. The van der Waals surface area contributed by atoms with Gasteiger partial charge < -0.3 is 9.73 Å². The number of nitrogens with zero attached hydrogens (tertiary/aromatic N) is 1. The first kappa shape index (κ1) is 21.3. The summed E-state index contributed by atoms with van der Waals surface area (Å²) in [6.45, 7) is 2.04. The quantitative estimate of drug-likeness (QED) is 0.344. The number of carbonyl (C=O) groups is 1. The highest BCUT2D eigenvalue weighted by atomic mass is 32.2. The highest BCUT2D eigenvalue weighted by Gasteiger charge is 2.22. The number of sulfonamides is 1. The van der Waals surface area contributed by atoms with Crippen LogP contribution in [0.3, 0.4) is 0 Å². The molecule has 2 aromatic heterocycles. The number of benzene rings is 1. The number of aromatic nitrogens is 1. The molecule has 1 saturated heterocycles. The average molecular weight is 470 g/mol. The van der Waals surface area contributed by atoms with E-state index in [2.05, 4.69) is 26.9 Å². The molecule has 0 aliphatic carbocycles. The number of amides is 1. The summed E-state index contributed by atoms with van der Waals surface area (Å²) in [4.78, 5) is 16.7. The molecule has 0 saturated carbocycles. The van der Waals surface area contributed by atoms with E-state index >= 15 is 0 Å². The van der Waals surface area contributed by atoms with Crippen molar-refractivity contribution in [3.05, 3.63) is 64.5 Å². The van der Waals surface area contributed by atoms with E-state index in [1.807, 2.05) is 0 Å². The van der Waals surface area contributed by atoms with Crippen LogP contribution in [0.15, 0.2) is 56.9 Å². The van der Waals surface area contributed by atoms with Gasteiger partial charge in [0.25, 0.3) is 5.91 Å². The zero-order valence-corrected chi connectivity index (χ0v) is 18.6. The normalized spacial score (nSPS) is 15.2. The molecule has 0 atom stereocenters. The number of carbonyl (C=O) groups excluding carboxylic acids is 1. The van der Waals surface area contributed by atoms with Gasteiger partial charge in [0.2, 0.25) is 10.0 Å². The second-order valence-electron chi connectivity index (χ2n) is 6.38. The maximum atomic E-state index is 12.0. The lowest BCUT2D eigenvalue weighted by molar-refractivity contribution is -0.115. The molecule has 3 heterocycles. The predicted octanol–water partition coefficient (Wildman–Crippen LogP) is 3.01. The van der Waals surface area contributed by atoms with Gasteiger partial charge in [-0.25, -0.2) is 13.1 Å². The fraction of sp³-hybridized carbons (Fsp3) is 0.0952. The minimum absolute atomic E-state index is 0.181. The van der Waals surface area contributed by atoms with Gasteiger partial charge in [0.1, 0.15) is 10.1 Å². The van der Waals surface area contributed by atoms with Crippen LogP contribution in [-0.2, 0) is 14.8 Å². The maximum absolute atomic E-state index is 12.0. The Morgan fingerprint density at radius 2 is 2.03 bits per heavy atom. The van der Waals surface area contributed by atoms with Crippen LogP contribution in [0.2, 0.25) is 0 Å². The van der Waals surface area contributed by atoms with E-state index in [0.717, 1.165) is 5.39 Å². The molecule has 2 N–H and O–H groups in total. The lowest BCUT2D eigenvalue weighted by atomic mass is 10.2. The monoisotopic (exact) mass is 469 g/mol. The van der Waals surface area contributed by atoms with Crippen LogP contribution in [0.1, 0.15) is 23.8 Å². The van der Waals surface area contributed by atoms with E-state index in [9.17, 15) is 13.2 Å². The standard InChI is InChI=1S/C21H15N3O4S3/c1-2-23-31(26,27)17-7-4-13(5-8-17)3-6-14-11-22-12-15-9-16(28-19(14)15)10-18-20(25)24-21(29)30-18/h4-5,7-12,23H,2H2,1H3,(H,24,25,29)/b18-10-. The fourth-order valence-corrected chi connectivity index (χ4v) is 4.89. The smallest absolute Gasteiger partial charge is 0.263 e. The Bertz CT molecular complexity index is 1400. The number of pyridine rings is 1. The Balaban J connectivity index is 1.62. The van der Waals surface area contributed by atoms with Gasteiger partial charge in [0, 0.05) is 36.0 Å². The molecule has 1 aliphatic rings. The summed E-state index contributed by atoms with van der Waals surface area (Å²) < 4.78 is 32.8. The maximum Gasteiger partial charge on any atom is 0.263 e. The minimum atomic E-state index is -3.50. The van der Waals surface area contributed by atoms with Crippen molar-refractivity contribution in [3.63, 3.8) is 0 Å². The van der Waals surface area contributed by atoms with Gasteiger partial charge in [0.15, 0.2) is 5.58 Å². The van der Waals surface area contributed by atoms with E-state index < -0.39 is 10.0 Å². The SMILES string of the molecule is CCNS(=O)(=O)c1ccc(C#Cc2cncc3cc(/C=C4\SC(=S)NC4=O)oc23)cc1. The minimum Gasteiger partial charge on any atom is -0.455 e. The fourth-order valence-electron chi connectivity index (χ4n) is 2.82. The molecule has 31 heavy (non-hydrogen) atoms. The highest BCUT2D eigenvalue weighted by Crippen LogP contribution is 2.29. The summed E-state index contributed by atoms with van der Waals surface area (Å²) in [5, 5.41) is 3.31. The predicted molar refractivity (Wildman–Crippen MR) is 124 cm³/mol. The van der Waals surface area contributed by atoms with E-state index in [0.29, 0.717) is 38.2 Å². The van der Waals surface area contributed by atoms with Crippen LogP contribution in [0, 0.1) is 11.8 Å². The molecule has 0 spiro atoms. The molecule has 7 nitrogen and oxygen atoms in total. The molecule has 1 aliphatic heterocycles. The molecule has 1 fully saturated rings. The number of furan rings is 1. The van der Waals surface area contributed by atoms with Crippen molar-refractivity contribution in [2.24, 2.45) is 0 Å². The Morgan fingerprint density at radius 1 is 1.26 bits per heavy atom. The highest BCUT2D eigenvalue weighted by molar-refractivity contribution is 8.26. The van der Waals surface area contributed by atoms with E-state index in [1.54, 1.807) is 43.6 Å². The van der Waals surface area contributed by atoms with Gasteiger partial charge in [-0.3, -0.25) is 9.78 Å². The molecule has 3 aromatic rings. The Kier molecular flexibility index (Phi) is 5.93. The molecule has 156 valence electrons. The summed E-state index contributed by atoms with van der Waals surface area (Å²) in [5.41, 5.74) is 1.77. The number of hydrogen-bond donors (Lipinski definition) is 2. The molecular weight excluding hydrogens is 454 g/mol. The number of rotatable bonds is 4. The van der Waals surface area contributed by atoms with Crippen LogP contribution in [0.5, 0.6) is 0 Å². The second-order valence-corrected chi connectivity index (χ2v) is 9.87.